The van der Waals surface area contributed by atoms with E-state index in [4.69, 9.17) is 15.2 Å². The standard InChI is InChI=1S/C28H23NO2/c1-30-26-16-14-19-8-2-4-10-21(19)23(26)18-24-22-11-5-3-9-20(22)15-17-27(24)31-28-13-7-6-12-25(28)29/h2-17H,18,29H2,1H3. The molecular formula is C28H23NO2. The first-order valence-corrected chi connectivity index (χ1v) is 10.3. The van der Waals surface area contributed by atoms with Gasteiger partial charge in [0, 0.05) is 17.5 Å². The molecule has 0 saturated carbocycles. The van der Waals surface area contributed by atoms with Gasteiger partial charge < -0.3 is 15.2 Å². The van der Waals surface area contributed by atoms with Gasteiger partial charge in [-0.2, -0.15) is 0 Å². The fourth-order valence-corrected chi connectivity index (χ4v) is 4.15. The van der Waals surface area contributed by atoms with E-state index in [1.54, 1.807) is 7.11 Å². The third kappa shape index (κ3) is 3.55. The Bertz CT molecular complexity index is 1390. The number of para-hydroxylation sites is 2. The highest BCUT2D eigenvalue weighted by atomic mass is 16.5. The molecule has 5 aromatic rings. The number of hydrogen-bond donors (Lipinski definition) is 1. The lowest BCUT2D eigenvalue weighted by Crippen LogP contribution is -2.00. The monoisotopic (exact) mass is 405 g/mol. The van der Waals surface area contributed by atoms with Gasteiger partial charge in [-0.25, -0.2) is 0 Å². The first kappa shape index (κ1) is 19.0. The highest BCUT2D eigenvalue weighted by Crippen LogP contribution is 2.38. The van der Waals surface area contributed by atoms with E-state index in [1.807, 2.05) is 36.4 Å². The van der Waals surface area contributed by atoms with Gasteiger partial charge in [-0.3, -0.25) is 0 Å². The summed E-state index contributed by atoms with van der Waals surface area (Å²) in [5.74, 6) is 2.33. The van der Waals surface area contributed by atoms with Crippen molar-refractivity contribution in [2.24, 2.45) is 0 Å². The van der Waals surface area contributed by atoms with E-state index in [1.165, 1.54) is 16.2 Å². The summed E-state index contributed by atoms with van der Waals surface area (Å²) in [6.07, 6.45) is 0.675. The van der Waals surface area contributed by atoms with Crippen molar-refractivity contribution in [3.05, 3.63) is 108 Å². The van der Waals surface area contributed by atoms with Crippen molar-refractivity contribution >= 4 is 27.2 Å². The molecule has 3 nitrogen and oxygen atoms in total. The second-order valence-corrected chi connectivity index (χ2v) is 7.55. The predicted octanol–water partition coefficient (Wildman–Crippen LogP) is 6.97. The average molecular weight is 405 g/mol. The summed E-state index contributed by atoms with van der Waals surface area (Å²) >= 11 is 0. The van der Waals surface area contributed by atoms with Crippen molar-refractivity contribution in [3.8, 4) is 17.2 Å². The molecule has 0 heterocycles. The Morgan fingerprint density at radius 1 is 0.581 bits per heavy atom. The van der Waals surface area contributed by atoms with E-state index < -0.39 is 0 Å². The Morgan fingerprint density at radius 3 is 1.77 bits per heavy atom. The lowest BCUT2D eigenvalue weighted by atomic mass is 9.93. The number of rotatable bonds is 5. The molecule has 0 aromatic heterocycles. The van der Waals surface area contributed by atoms with Gasteiger partial charge in [0.15, 0.2) is 0 Å². The van der Waals surface area contributed by atoms with Gasteiger partial charge >= 0.3 is 0 Å². The number of fused-ring (bicyclic) bond motifs is 2. The molecule has 0 amide bonds. The fraction of sp³-hybridized carbons (Fsp3) is 0.0714. The Morgan fingerprint density at radius 2 is 1.13 bits per heavy atom. The summed E-state index contributed by atoms with van der Waals surface area (Å²) in [7, 11) is 1.72. The van der Waals surface area contributed by atoms with Crippen molar-refractivity contribution in [3.63, 3.8) is 0 Å². The van der Waals surface area contributed by atoms with Crippen molar-refractivity contribution in [1.82, 2.24) is 0 Å². The minimum atomic E-state index is 0.615. The van der Waals surface area contributed by atoms with E-state index in [9.17, 15) is 0 Å². The number of ether oxygens (including phenoxy) is 2. The van der Waals surface area contributed by atoms with E-state index in [2.05, 4.69) is 60.7 Å². The van der Waals surface area contributed by atoms with Crippen LogP contribution in [0.25, 0.3) is 21.5 Å². The van der Waals surface area contributed by atoms with Gasteiger partial charge in [0.2, 0.25) is 0 Å². The minimum Gasteiger partial charge on any atom is -0.496 e. The molecule has 0 radical (unpaired) electrons. The molecule has 0 bridgehead atoms. The highest BCUT2D eigenvalue weighted by Gasteiger charge is 2.16. The van der Waals surface area contributed by atoms with E-state index >= 15 is 0 Å². The summed E-state index contributed by atoms with van der Waals surface area (Å²) in [4.78, 5) is 0. The molecule has 152 valence electrons. The zero-order valence-corrected chi connectivity index (χ0v) is 17.3. The van der Waals surface area contributed by atoms with Crippen molar-refractivity contribution in [1.29, 1.82) is 0 Å². The van der Waals surface area contributed by atoms with Crippen LogP contribution in [0.1, 0.15) is 11.1 Å². The molecule has 3 heteroatoms. The summed E-state index contributed by atoms with van der Waals surface area (Å²) in [6.45, 7) is 0. The van der Waals surface area contributed by atoms with Crippen LogP contribution >= 0.6 is 0 Å². The first-order valence-electron chi connectivity index (χ1n) is 10.3. The predicted molar refractivity (Wildman–Crippen MR) is 128 cm³/mol. The molecule has 0 fully saturated rings. The van der Waals surface area contributed by atoms with Crippen LogP contribution in [0.5, 0.6) is 17.2 Å². The Hall–Kier alpha value is -3.98. The van der Waals surface area contributed by atoms with Crippen molar-refractivity contribution < 1.29 is 9.47 Å². The van der Waals surface area contributed by atoms with E-state index in [0.717, 1.165) is 28.0 Å². The van der Waals surface area contributed by atoms with Crippen LogP contribution in [0, 0.1) is 0 Å². The SMILES string of the molecule is COc1ccc2ccccc2c1Cc1c(Oc2ccccc2N)ccc2ccccc12. The van der Waals surface area contributed by atoms with Crippen LogP contribution in [-0.2, 0) is 6.42 Å². The molecule has 0 spiro atoms. The second kappa shape index (κ2) is 8.04. The summed E-state index contributed by atoms with van der Waals surface area (Å²) in [5.41, 5.74) is 9.02. The molecule has 5 aromatic carbocycles. The Balaban J connectivity index is 1.71. The van der Waals surface area contributed by atoms with Gasteiger partial charge in [0.25, 0.3) is 0 Å². The molecule has 0 unspecified atom stereocenters. The molecule has 31 heavy (non-hydrogen) atoms. The third-order valence-corrected chi connectivity index (χ3v) is 5.71. The maximum Gasteiger partial charge on any atom is 0.150 e. The summed E-state index contributed by atoms with van der Waals surface area (Å²) < 4.78 is 12.1. The fourth-order valence-electron chi connectivity index (χ4n) is 4.15. The van der Waals surface area contributed by atoms with Crippen molar-refractivity contribution in [2.75, 3.05) is 12.8 Å². The van der Waals surface area contributed by atoms with Crippen LogP contribution in [0.15, 0.2) is 97.1 Å². The van der Waals surface area contributed by atoms with E-state index in [-0.39, 0.29) is 0 Å². The minimum absolute atomic E-state index is 0.615. The number of methoxy groups -OCH3 is 1. The molecule has 0 aliphatic heterocycles. The lowest BCUT2D eigenvalue weighted by molar-refractivity contribution is 0.411. The van der Waals surface area contributed by atoms with Gasteiger partial charge in [-0.1, -0.05) is 72.8 Å². The lowest BCUT2D eigenvalue weighted by Gasteiger charge is -2.18. The van der Waals surface area contributed by atoms with Crippen LogP contribution in [0.2, 0.25) is 0 Å². The van der Waals surface area contributed by atoms with E-state index in [0.29, 0.717) is 17.9 Å². The van der Waals surface area contributed by atoms with Gasteiger partial charge in [0.05, 0.1) is 12.8 Å². The quantitative estimate of drug-likeness (QED) is 0.321. The number of nitrogens with two attached hydrogens (primary N) is 1. The maximum atomic E-state index is 6.34. The third-order valence-electron chi connectivity index (χ3n) is 5.71. The first-order chi connectivity index (χ1) is 15.2. The largest absolute Gasteiger partial charge is 0.496 e. The van der Waals surface area contributed by atoms with Crippen LogP contribution in [0.4, 0.5) is 5.69 Å². The molecule has 5 rings (SSSR count). The summed E-state index contributed by atoms with van der Waals surface area (Å²) in [5, 5.41) is 4.70. The summed E-state index contributed by atoms with van der Waals surface area (Å²) in [6, 6.07) is 32.6. The van der Waals surface area contributed by atoms with Gasteiger partial charge in [-0.05, 0) is 45.8 Å². The smallest absolute Gasteiger partial charge is 0.150 e. The molecule has 0 aliphatic carbocycles. The molecule has 0 saturated heterocycles. The zero-order valence-electron chi connectivity index (χ0n) is 17.3. The molecule has 0 atom stereocenters. The maximum absolute atomic E-state index is 6.34. The number of benzene rings is 5. The van der Waals surface area contributed by atoms with Crippen molar-refractivity contribution in [2.45, 2.75) is 6.42 Å². The topological polar surface area (TPSA) is 44.5 Å². The molecule has 0 aliphatic rings. The van der Waals surface area contributed by atoms with Crippen LogP contribution < -0.4 is 15.2 Å². The normalized spacial score (nSPS) is 11.0. The number of nitrogen functional groups attached to an aromatic ring is 1. The zero-order chi connectivity index (χ0) is 21.2. The number of hydrogen-bond acceptors (Lipinski definition) is 3. The van der Waals surface area contributed by atoms with Gasteiger partial charge in [0.1, 0.15) is 17.2 Å². The molecular weight excluding hydrogens is 382 g/mol. The molecule has 2 N–H and O–H groups in total. The van der Waals surface area contributed by atoms with Crippen LogP contribution in [0.3, 0.4) is 0 Å². The average Bonchev–Trinajstić information content (AvgIpc) is 2.82. The Kier molecular flexibility index (Phi) is 4.93. The second-order valence-electron chi connectivity index (χ2n) is 7.55. The Labute approximate surface area is 181 Å². The number of anilines is 1. The van der Waals surface area contributed by atoms with Gasteiger partial charge in [-0.15, -0.1) is 0 Å². The highest BCUT2D eigenvalue weighted by molar-refractivity contribution is 5.91. The van der Waals surface area contributed by atoms with Crippen LogP contribution in [-0.4, -0.2) is 7.11 Å².